The lowest BCUT2D eigenvalue weighted by Crippen LogP contribution is -2.12. The number of alkyl halides is 2. The lowest BCUT2D eigenvalue weighted by Gasteiger charge is -2.13. The molecule has 0 saturated heterocycles. The predicted molar refractivity (Wildman–Crippen MR) is 57.5 cm³/mol. The van der Waals surface area contributed by atoms with Crippen LogP contribution in [0.15, 0.2) is 6.20 Å². The van der Waals surface area contributed by atoms with Crippen LogP contribution in [0.1, 0.15) is 28.8 Å². The Morgan fingerprint density at radius 3 is 2.71 bits per heavy atom. The van der Waals surface area contributed by atoms with Crippen LogP contribution in [0, 0.1) is 6.92 Å². The van der Waals surface area contributed by atoms with Gasteiger partial charge in [-0.1, -0.05) is 0 Å². The molecule has 0 saturated carbocycles. The van der Waals surface area contributed by atoms with Gasteiger partial charge in [-0.25, -0.2) is 8.78 Å². The first-order valence-electron chi connectivity index (χ1n) is 5.03. The molecule has 0 aromatic carbocycles. The third-order valence-electron chi connectivity index (χ3n) is 2.54. The molecule has 0 aliphatic rings. The Labute approximate surface area is 97.8 Å². The highest BCUT2D eigenvalue weighted by Crippen LogP contribution is 2.27. The summed E-state index contributed by atoms with van der Waals surface area (Å²) in [5, 5.41) is 0. The fraction of sp³-hybridized carbons (Fsp3) is 0.455. The van der Waals surface area contributed by atoms with Crippen molar-refractivity contribution in [2.75, 3.05) is 7.11 Å². The minimum atomic E-state index is -2.63. The molecule has 0 fully saturated rings. The fourth-order valence-corrected chi connectivity index (χ4v) is 1.57. The quantitative estimate of drug-likeness (QED) is 0.815. The normalized spacial score (nSPS) is 10.7. The Morgan fingerprint density at radius 2 is 2.24 bits per heavy atom. The number of nitrogens with zero attached hydrogens (tertiary/aromatic N) is 1. The van der Waals surface area contributed by atoms with Gasteiger partial charge in [0.2, 0.25) is 0 Å². The van der Waals surface area contributed by atoms with Crippen molar-refractivity contribution in [2.24, 2.45) is 5.73 Å². The van der Waals surface area contributed by atoms with E-state index in [9.17, 15) is 13.6 Å². The molecular weight excluding hydrogens is 230 g/mol. The molecule has 0 bridgehead atoms. The van der Waals surface area contributed by atoms with Gasteiger partial charge in [0.05, 0.1) is 19.2 Å². The summed E-state index contributed by atoms with van der Waals surface area (Å²) in [7, 11) is 1.24. The van der Waals surface area contributed by atoms with E-state index in [1.165, 1.54) is 20.2 Å². The molecule has 0 atom stereocenters. The van der Waals surface area contributed by atoms with Crippen molar-refractivity contribution in [3.63, 3.8) is 0 Å². The van der Waals surface area contributed by atoms with Crippen molar-refractivity contribution in [3.8, 4) is 0 Å². The van der Waals surface area contributed by atoms with Gasteiger partial charge >= 0.3 is 5.97 Å². The van der Waals surface area contributed by atoms with E-state index in [-0.39, 0.29) is 18.5 Å². The van der Waals surface area contributed by atoms with Crippen LogP contribution in [0.3, 0.4) is 0 Å². The maximum atomic E-state index is 12.9. The van der Waals surface area contributed by atoms with Gasteiger partial charge in [0, 0.05) is 18.3 Å². The van der Waals surface area contributed by atoms with E-state index in [2.05, 4.69) is 9.72 Å². The SMILES string of the molecule is COC(=O)Cc1ncc(CN)c(C(F)F)c1C. The molecule has 1 aromatic rings. The first kappa shape index (κ1) is 13.5. The second kappa shape index (κ2) is 5.67. The van der Waals surface area contributed by atoms with Crippen molar-refractivity contribution < 1.29 is 18.3 Å². The average Bonchev–Trinajstić information content (AvgIpc) is 2.30. The first-order valence-corrected chi connectivity index (χ1v) is 5.03. The summed E-state index contributed by atoms with van der Waals surface area (Å²) in [6, 6.07) is 0. The second-order valence-electron chi connectivity index (χ2n) is 3.53. The summed E-state index contributed by atoms with van der Waals surface area (Å²) in [6.07, 6.45) is -1.47. The lowest BCUT2D eigenvalue weighted by atomic mass is 10.0. The van der Waals surface area contributed by atoms with E-state index in [0.717, 1.165) is 0 Å². The Bertz CT molecular complexity index is 422. The molecule has 4 nitrogen and oxygen atoms in total. The zero-order valence-electron chi connectivity index (χ0n) is 9.67. The Hall–Kier alpha value is -1.56. The summed E-state index contributed by atoms with van der Waals surface area (Å²) in [5.41, 5.74) is 6.12. The topological polar surface area (TPSA) is 65.2 Å². The number of rotatable bonds is 4. The second-order valence-corrected chi connectivity index (χ2v) is 3.53. The number of carbonyl (C=O) groups is 1. The van der Waals surface area contributed by atoms with Gasteiger partial charge in [-0.05, 0) is 18.1 Å². The summed E-state index contributed by atoms with van der Waals surface area (Å²) < 4.78 is 30.2. The summed E-state index contributed by atoms with van der Waals surface area (Å²) in [4.78, 5) is 15.1. The number of methoxy groups -OCH3 is 1. The highest BCUT2D eigenvalue weighted by molar-refractivity contribution is 5.72. The minimum Gasteiger partial charge on any atom is -0.469 e. The molecule has 1 heterocycles. The van der Waals surface area contributed by atoms with Crippen molar-refractivity contribution >= 4 is 5.97 Å². The largest absolute Gasteiger partial charge is 0.469 e. The van der Waals surface area contributed by atoms with Gasteiger partial charge in [0.1, 0.15) is 0 Å². The van der Waals surface area contributed by atoms with Crippen molar-refractivity contribution in [2.45, 2.75) is 26.3 Å². The number of pyridine rings is 1. The van der Waals surface area contributed by atoms with Crippen LogP contribution < -0.4 is 5.73 Å². The van der Waals surface area contributed by atoms with Crippen LogP contribution in [-0.4, -0.2) is 18.1 Å². The maximum absolute atomic E-state index is 12.9. The van der Waals surface area contributed by atoms with Crippen LogP contribution >= 0.6 is 0 Å². The lowest BCUT2D eigenvalue weighted by molar-refractivity contribution is -0.139. The fourth-order valence-electron chi connectivity index (χ4n) is 1.57. The molecule has 0 aliphatic heterocycles. The maximum Gasteiger partial charge on any atom is 0.311 e. The highest BCUT2D eigenvalue weighted by atomic mass is 19.3. The third kappa shape index (κ3) is 2.97. The number of aromatic nitrogens is 1. The number of hydrogen-bond donors (Lipinski definition) is 1. The Balaban J connectivity index is 3.18. The van der Waals surface area contributed by atoms with Crippen LogP contribution in [0.2, 0.25) is 0 Å². The molecule has 2 N–H and O–H groups in total. The molecule has 0 spiro atoms. The minimum absolute atomic E-state index is 0.00792. The molecule has 6 heteroatoms. The molecule has 0 unspecified atom stereocenters. The van der Waals surface area contributed by atoms with Crippen molar-refractivity contribution in [3.05, 3.63) is 28.6 Å². The molecule has 0 aliphatic carbocycles. The van der Waals surface area contributed by atoms with Crippen LogP contribution in [0.4, 0.5) is 8.78 Å². The van der Waals surface area contributed by atoms with Gasteiger partial charge in [0.25, 0.3) is 6.43 Å². The van der Waals surface area contributed by atoms with E-state index in [0.29, 0.717) is 16.8 Å². The van der Waals surface area contributed by atoms with Gasteiger partial charge in [-0.15, -0.1) is 0 Å². The van der Waals surface area contributed by atoms with Crippen molar-refractivity contribution in [1.82, 2.24) is 4.98 Å². The Kier molecular flexibility index (Phi) is 4.51. The summed E-state index contributed by atoms with van der Waals surface area (Å²) in [6.45, 7) is 1.50. The van der Waals surface area contributed by atoms with Crippen LogP contribution in [0.5, 0.6) is 0 Å². The van der Waals surface area contributed by atoms with Crippen LogP contribution in [-0.2, 0) is 22.5 Å². The summed E-state index contributed by atoms with van der Waals surface area (Å²) >= 11 is 0. The molecule has 0 amide bonds. The first-order chi connectivity index (χ1) is 8.01. The average molecular weight is 244 g/mol. The highest BCUT2D eigenvalue weighted by Gasteiger charge is 2.19. The van der Waals surface area contributed by atoms with Crippen LogP contribution in [0.25, 0.3) is 0 Å². The molecule has 1 rings (SSSR count). The van der Waals surface area contributed by atoms with E-state index in [1.54, 1.807) is 0 Å². The van der Waals surface area contributed by atoms with Gasteiger partial charge in [-0.2, -0.15) is 0 Å². The van der Waals surface area contributed by atoms with Gasteiger partial charge < -0.3 is 10.5 Å². The predicted octanol–water partition coefficient (Wildman–Crippen LogP) is 1.50. The zero-order valence-corrected chi connectivity index (χ0v) is 9.67. The van der Waals surface area contributed by atoms with Crippen molar-refractivity contribution in [1.29, 1.82) is 0 Å². The molecule has 0 radical (unpaired) electrons. The molecule has 94 valence electrons. The molecule has 17 heavy (non-hydrogen) atoms. The van der Waals surface area contributed by atoms with Gasteiger partial charge in [-0.3, -0.25) is 9.78 Å². The molecular formula is C11H14F2N2O2. The zero-order chi connectivity index (χ0) is 13.0. The van der Waals surface area contributed by atoms with E-state index < -0.39 is 12.4 Å². The number of esters is 1. The van der Waals surface area contributed by atoms with E-state index >= 15 is 0 Å². The number of nitrogens with two attached hydrogens (primary N) is 1. The van der Waals surface area contributed by atoms with E-state index in [4.69, 9.17) is 5.73 Å². The number of ether oxygens (including phenoxy) is 1. The summed E-state index contributed by atoms with van der Waals surface area (Å²) in [5.74, 6) is -0.513. The Morgan fingerprint density at radius 1 is 1.59 bits per heavy atom. The standard InChI is InChI=1S/C11H14F2N2O2/c1-6-8(3-9(16)17-2)15-5-7(4-14)10(6)11(12)13/h5,11H,3-4,14H2,1-2H3. The van der Waals surface area contributed by atoms with E-state index in [1.807, 2.05) is 0 Å². The van der Waals surface area contributed by atoms with Gasteiger partial charge in [0.15, 0.2) is 0 Å². The number of halogens is 2. The smallest absolute Gasteiger partial charge is 0.311 e. The monoisotopic (exact) mass is 244 g/mol. The third-order valence-corrected chi connectivity index (χ3v) is 2.54. The molecule has 1 aromatic heterocycles. The number of hydrogen-bond acceptors (Lipinski definition) is 4. The number of carbonyl (C=O) groups excluding carboxylic acids is 1.